The molecule has 33 heavy (non-hydrogen) atoms. The average Bonchev–Trinajstić information content (AvgIpc) is 3.20. The second-order valence-electron chi connectivity index (χ2n) is 8.84. The number of alkyl halides is 3. The van der Waals surface area contributed by atoms with Crippen LogP contribution in [-0.4, -0.2) is 16.1 Å². The summed E-state index contributed by atoms with van der Waals surface area (Å²) in [5, 5.41) is 5.71. The van der Waals surface area contributed by atoms with Crippen molar-refractivity contribution in [2.75, 3.05) is 0 Å². The van der Waals surface area contributed by atoms with E-state index < -0.39 is 11.7 Å². The Morgan fingerprint density at radius 3 is 2.33 bits per heavy atom. The van der Waals surface area contributed by atoms with Crippen LogP contribution < -0.4 is 0 Å². The molecule has 3 aromatic carbocycles. The van der Waals surface area contributed by atoms with Crippen LogP contribution in [-0.2, 0) is 6.18 Å². The molecular formula is C27H25F3N2O. The molecule has 4 aromatic rings. The van der Waals surface area contributed by atoms with E-state index in [0.29, 0.717) is 17.0 Å². The van der Waals surface area contributed by atoms with E-state index in [2.05, 4.69) is 13.8 Å². The highest BCUT2D eigenvalue weighted by atomic mass is 19.4. The maximum Gasteiger partial charge on any atom is 0.416 e. The molecule has 0 amide bonds. The molecule has 1 atom stereocenters. The number of aldehydes is 1. The summed E-state index contributed by atoms with van der Waals surface area (Å²) in [6, 6.07) is 17.1. The molecule has 4 rings (SSSR count). The monoisotopic (exact) mass is 450 g/mol. The Labute approximate surface area is 190 Å². The van der Waals surface area contributed by atoms with Crippen LogP contribution in [0.1, 0.15) is 53.4 Å². The second kappa shape index (κ2) is 8.85. The van der Waals surface area contributed by atoms with Gasteiger partial charge in [0.25, 0.3) is 0 Å². The van der Waals surface area contributed by atoms with Crippen molar-refractivity contribution in [1.82, 2.24) is 9.78 Å². The molecule has 1 unspecified atom stereocenters. The normalized spacial score (nSPS) is 12.9. The van der Waals surface area contributed by atoms with Gasteiger partial charge in [-0.2, -0.15) is 18.3 Å². The number of carbonyl (C=O) groups excluding carboxylic acids is 1. The van der Waals surface area contributed by atoms with Crippen molar-refractivity contribution in [2.45, 2.75) is 39.4 Å². The van der Waals surface area contributed by atoms with Gasteiger partial charge in [-0.1, -0.05) is 50.2 Å². The molecule has 3 nitrogen and oxygen atoms in total. The van der Waals surface area contributed by atoms with Crippen molar-refractivity contribution in [1.29, 1.82) is 0 Å². The first-order valence-corrected chi connectivity index (χ1v) is 10.9. The number of rotatable bonds is 6. The first kappa shape index (κ1) is 22.8. The van der Waals surface area contributed by atoms with E-state index in [1.54, 1.807) is 6.92 Å². The lowest BCUT2D eigenvalue weighted by molar-refractivity contribution is -0.137. The topological polar surface area (TPSA) is 34.9 Å². The number of aryl methyl sites for hydroxylation is 1. The third kappa shape index (κ3) is 4.85. The smallest absolute Gasteiger partial charge is 0.298 e. The first-order valence-electron chi connectivity index (χ1n) is 10.9. The summed E-state index contributed by atoms with van der Waals surface area (Å²) < 4.78 is 41.0. The Balaban J connectivity index is 1.72. The van der Waals surface area contributed by atoms with E-state index in [9.17, 15) is 18.0 Å². The number of aromatic nitrogens is 2. The summed E-state index contributed by atoms with van der Waals surface area (Å²) in [4.78, 5) is 11.0. The van der Waals surface area contributed by atoms with Crippen molar-refractivity contribution >= 4 is 17.2 Å². The summed E-state index contributed by atoms with van der Waals surface area (Å²) in [7, 11) is 0. The van der Waals surface area contributed by atoms with Crippen LogP contribution in [0.2, 0.25) is 0 Å². The molecule has 0 saturated heterocycles. The van der Waals surface area contributed by atoms with Gasteiger partial charge in [-0.3, -0.25) is 9.48 Å². The molecule has 0 N–H and O–H groups in total. The van der Waals surface area contributed by atoms with Gasteiger partial charge in [0.1, 0.15) is 6.29 Å². The zero-order chi connectivity index (χ0) is 23.8. The van der Waals surface area contributed by atoms with Crippen molar-refractivity contribution < 1.29 is 18.0 Å². The fourth-order valence-corrected chi connectivity index (χ4v) is 4.18. The van der Waals surface area contributed by atoms with E-state index in [1.807, 2.05) is 53.3 Å². The van der Waals surface area contributed by atoms with Gasteiger partial charge < -0.3 is 0 Å². The largest absolute Gasteiger partial charge is 0.416 e. The summed E-state index contributed by atoms with van der Waals surface area (Å²) >= 11 is 0. The Morgan fingerprint density at radius 1 is 1.00 bits per heavy atom. The number of halogens is 3. The van der Waals surface area contributed by atoms with Crippen LogP contribution in [0.15, 0.2) is 66.9 Å². The predicted octanol–water partition coefficient (Wildman–Crippen LogP) is 7.48. The zero-order valence-corrected chi connectivity index (χ0v) is 18.7. The van der Waals surface area contributed by atoms with Crippen molar-refractivity contribution in [3.8, 4) is 11.1 Å². The van der Waals surface area contributed by atoms with Crippen LogP contribution in [0, 0.1) is 12.8 Å². The lowest BCUT2D eigenvalue weighted by Crippen LogP contribution is -2.13. The molecular weight excluding hydrogens is 425 g/mol. The quantitative estimate of drug-likeness (QED) is 0.286. The van der Waals surface area contributed by atoms with E-state index >= 15 is 0 Å². The molecule has 0 radical (unpaired) electrons. The minimum Gasteiger partial charge on any atom is -0.298 e. The van der Waals surface area contributed by atoms with Crippen LogP contribution in [0.25, 0.3) is 22.0 Å². The summed E-state index contributed by atoms with van der Waals surface area (Å²) in [6.45, 7) is 6.00. The van der Waals surface area contributed by atoms with Crippen LogP contribution in [0.4, 0.5) is 13.2 Å². The summed E-state index contributed by atoms with van der Waals surface area (Å²) in [5.74, 6) is 0.429. The number of fused-ring (bicyclic) bond motifs is 1. The zero-order valence-electron chi connectivity index (χ0n) is 18.7. The highest BCUT2D eigenvalue weighted by Crippen LogP contribution is 2.34. The number of benzene rings is 3. The van der Waals surface area contributed by atoms with Gasteiger partial charge in [-0.05, 0) is 65.8 Å². The standard InChI is InChI=1S/C27H25F3N2O/c1-17(2)12-26(20-6-4-19(16-33)5-7-20)32-15-22-14-21(8-11-25(22)31-32)24-10-9-23(13-18(24)3)27(28,29)30/h4-11,13-17,26H,12H2,1-3H3. The Bertz CT molecular complexity index is 1290. The number of carbonyl (C=O) groups is 1. The van der Waals surface area contributed by atoms with Gasteiger partial charge in [0.05, 0.1) is 17.1 Å². The van der Waals surface area contributed by atoms with Gasteiger partial charge >= 0.3 is 6.18 Å². The summed E-state index contributed by atoms with van der Waals surface area (Å²) in [6.07, 6.45) is -0.670. The van der Waals surface area contributed by atoms with E-state index in [0.717, 1.165) is 46.4 Å². The average molecular weight is 451 g/mol. The van der Waals surface area contributed by atoms with Crippen molar-refractivity contribution in [3.05, 3.63) is 89.1 Å². The highest BCUT2D eigenvalue weighted by molar-refractivity contribution is 5.85. The third-order valence-corrected chi connectivity index (χ3v) is 5.86. The van der Waals surface area contributed by atoms with Gasteiger partial charge in [-0.15, -0.1) is 0 Å². The Morgan fingerprint density at radius 2 is 1.73 bits per heavy atom. The van der Waals surface area contributed by atoms with E-state index in [-0.39, 0.29) is 6.04 Å². The SMILES string of the molecule is Cc1cc(C(F)(F)F)ccc1-c1ccc2nn(C(CC(C)C)c3ccc(C=O)cc3)cc2c1. The number of hydrogen-bond donors (Lipinski definition) is 0. The molecule has 1 heterocycles. The minimum atomic E-state index is -4.36. The molecule has 0 fully saturated rings. The molecule has 0 aliphatic rings. The van der Waals surface area contributed by atoms with Gasteiger partial charge in [0, 0.05) is 17.1 Å². The molecule has 6 heteroatoms. The van der Waals surface area contributed by atoms with Crippen LogP contribution in [0.3, 0.4) is 0 Å². The van der Waals surface area contributed by atoms with Crippen LogP contribution in [0.5, 0.6) is 0 Å². The molecule has 0 bridgehead atoms. The molecule has 170 valence electrons. The predicted molar refractivity (Wildman–Crippen MR) is 124 cm³/mol. The van der Waals surface area contributed by atoms with E-state index in [4.69, 9.17) is 5.10 Å². The van der Waals surface area contributed by atoms with Crippen molar-refractivity contribution in [2.24, 2.45) is 5.92 Å². The first-order chi connectivity index (χ1) is 15.7. The number of hydrogen-bond acceptors (Lipinski definition) is 2. The highest BCUT2D eigenvalue weighted by Gasteiger charge is 2.30. The van der Waals surface area contributed by atoms with Gasteiger partial charge in [-0.25, -0.2) is 0 Å². The van der Waals surface area contributed by atoms with Crippen LogP contribution >= 0.6 is 0 Å². The lowest BCUT2D eigenvalue weighted by atomic mass is 9.96. The third-order valence-electron chi connectivity index (χ3n) is 5.86. The van der Waals surface area contributed by atoms with Gasteiger partial charge in [0.2, 0.25) is 0 Å². The molecule has 0 saturated carbocycles. The van der Waals surface area contributed by atoms with Gasteiger partial charge in [0.15, 0.2) is 0 Å². The Hall–Kier alpha value is -3.41. The molecule has 1 aromatic heterocycles. The fraction of sp³-hybridized carbons (Fsp3) is 0.259. The second-order valence-corrected chi connectivity index (χ2v) is 8.84. The maximum absolute atomic E-state index is 13.0. The minimum absolute atomic E-state index is 0.00866. The molecule has 0 aliphatic carbocycles. The Kier molecular flexibility index (Phi) is 6.11. The fourth-order valence-electron chi connectivity index (χ4n) is 4.18. The molecule has 0 aliphatic heterocycles. The molecule has 0 spiro atoms. The number of nitrogens with zero attached hydrogens (tertiary/aromatic N) is 2. The van der Waals surface area contributed by atoms with Crippen molar-refractivity contribution in [3.63, 3.8) is 0 Å². The lowest BCUT2D eigenvalue weighted by Gasteiger charge is -2.20. The summed E-state index contributed by atoms with van der Waals surface area (Å²) in [5.41, 5.74) is 4.07. The van der Waals surface area contributed by atoms with E-state index in [1.165, 1.54) is 12.1 Å². The maximum atomic E-state index is 13.0.